The van der Waals surface area contributed by atoms with Gasteiger partial charge in [0.05, 0.1) is 0 Å². The summed E-state index contributed by atoms with van der Waals surface area (Å²) in [6.45, 7) is 12.3. The molecule has 0 aliphatic carbocycles. The highest BCUT2D eigenvalue weighted by Gasteiger charge is 2.06. The molecule has 0 nitrogen and oxygen atoms in total. The van der Waals surface area contributed by atoms with Crippen LogP contribution >= 0.6 is 0 Å². The molecule has 0 aromatic heterocycles. The predicted molar refractivity (Wildman–Crippen MR) is 161 cm³/mol. The van der Waals surface area contributed by atoms with Crippen molar-refractivity contribution in [2.45, 2.75) is 90.9 Å². The molecule has 3 rings (SSSR count). The zero-order chi connectivity index (χ0) is 25.6. The minimum Gasteiger partial charge on any atom is -0.0985 e. The first-order valence-electron chi connectivity index (χ1n) is 14.1. The first kappa shape index (κ1) is 27.7. The molecule has 0 atom stereocenters. The Hall–Kier alpha value is -2.86. The van der Waals surface area contributed by atoms with E-state index in [2.05, 4.69) is 87.7 Å². The maximum absolute atomic E-state index is 3.83. The number of aryl methyl sites for hydroxylation is 6. The number of unbranched alkanes of at least 4 members (excludes halogenated alkanes) is 6. The molecule has 0 heteroatoms. The second kappa shape index (κ2) is 15.3. The van der Waals surface area contributed by atoms with Crippen molar-refractivity contribution in [1.29, 1.82) is 0 Å². The molecular weight excluding hydrogens is 432 g/mol. The standard InChI is InChI=1S/C36H46/c1-5-31-19-23-33(24-20-31)15-11-7-9-13-17-35-27-30(4)36(28-29(35)3)18-14-10-8-12-16-34-25-21-32(6-2)22-26-34/h5-6,19-28H,1-2,7-18H2,3-4H3. The molecule has 0 N–H and O–H groups in total. The smallest absolute Gasteiger partial charge is 0.0262 e. The lowest BCUT2D eigenvalue weighted by Crippen LogP contribution is -1.98. The van der Waals surface area contributed by atoms with Crippen LogP contribution in [0.3, 0.4) is 0 Å². The topological polar surface area (TPSA) is 0 Å². The van der Waals surface area contributed by atoms with Gasteiger partial charge in [0.15, 0.2) is 0 Å². The van der Waals surface area contributed by atoms with Gasteiger partial charge in [0.2, 0.25) is 0 Å². The van der Waals surface area contributed by atoms with Gasteiger partial charge >= 0.3 is 0 Å². The van der Waals surface area contributed by atoms with E-state index >= 15 is 0 Å². The fourth-order valence-corrected chi connectivity index (χ4v) is 5.11. The molecule has 0 aliphatic rings. The van der Waals surface area contributed by atoms with Gasteiger partial charge in [0, 0.05) is 0 Å². The summed E-state index contributed by atoms with van der Waals surface area (Å²) < 4.78 is 0. The van der Waals surface area contributed by atoms with Crippen molar-refractivity contribution in [2.24, 2.45) is 0 Å². The average molecular weight is 479 g/mol. The highest BCUT2D eigenvalue weighted by molar-refractivity contribution is 5.47. The van der Waals surface area contributed by atoms with Crippen molar-refractivity contribution in [2.75, 3.05) is 0 Å². The van der Waals surface area contributed by atoms with E-state index < -0.39 is 0 Å². The van der Waals surface area contributed by atoms with Gasteiger partial charge in [-0.15, -0.1) is 0 Å². The highest BCUT2D eigenvalue weighted by atomic mass is 14.1. The third-order valence-corrected chi connectivity index (χ3v) is 7.55. The van der Waals surface area contributed by atoms with Gasteiger partial charge in [-0.1, -0.05) is 112 Å². The van der Waals surface area contributed by atoms with Crippen LogP contribution in [0.1, 0.15) is 95.9 Å². The average Bonchev–Trinajstić information content (AvgIpc) is 2.91. The molecular formula is C36H46. The Morgan fingerprint density at radius 2 is 0.806 bits per heavy atom. The summed E-state index contributed by atoms with van der Waals surface area (Å²) in [4.78, 5) is 0. The summed E-state index contributed by atoms with van der Waals surface area (Å²) in [5.74, 6) is 0. The number of hydrogen-bond acceptors (Lipinski definition) is 0. The molecule has 3 aromatic carbocycles. The molecule has 0 aliphatic heterocycles. The lowest BCUT2D eigenvalue weighted by molar-refractivity contribution is 0.636. The number of hydrogen-bond donors (Lipinski definition) is 0. The van der Waals surface area contributed by atoms with Gasteiger partial charge in [-0.2, -0.15) is 0 Å². The van der Waals surface area contributed by atoms with E-state index in [0.717, 1.165) is 0 Å². The Labute approximate surface area is 221 Å². The SMILES string of the molecule is C=Cc1ccc(CCCCCCc2cc(C)c(CCCCCCc3ccc(C=C)cc3)cc2C)cc1. The van der Waals surface area contributed by atoms with Crippen LogP contribution in [0, 0.1) is 13.8 Å². The second-order valence-electron chi connectivity index (χ2n) is 10.4. The van der Waals surface area contributed by atoms with Crippen molar-refractivity contribution < 1.29 is 0 Å². The van der Waals surface area contributed by atoms with Crippen molar-refractivity contribution >= 4 is 12.2 Å². The maximum atomic E-state index is 3.83. The number of benzene rings is 3. The molecule has 0 heterocycles. The van der Waals surface area contributed by atoms with Gasteiger partial charge in [0.25, 0.3) is 0 Å². The van der Waals surface area contributed by atoms with Crippen LogP contribution < -0.4 is 0 Å². The molecule has 0 saturated heterocycles. The molecule has 36 heavy (non-hydrogen) atoms. The maximum Gasteiger partial charge on any atom is -0.0262 e. The van der Waals surface area contributed by atoms with Crippen LogP contribution in [0.4, 0.5) is 0 Å². The normalized spacial score (nSPS) is 10.9. The summed E-state index contributed by atoms with van der Waals surface area (Å²) in [6, 6.07) is 22.6. The second-order valence-corrected chi connectivity index (χ2v) is 10.4. The Morgan fingerprint density at radius 1 is 0.472 bits per heavy atom. The van der Waals surface area contributed by atoms with Crippen LogP contribution in [0.2, 0.25) is 0 Å². The zero-order valence-corrected chi connectivity index (χ0v) is 22.8. The fraction of sp³-hybridized carbons (Fsp3) is 0.389. The van der Waals surface area contributed by atoms with Crippen LogP contribution in [0.15, 0.2) is 73.8 Å². The third-order valence-electron chi connectivity index (χ3n) is 7.55. The Bertz CT molecular complexity index is 977. The van der Waals surface area contributed by atoms with Crippen molar-refractivity contribution in [3.8, 4) is 0 Å². The van der Waals surface area contributed by atoms with Crippen molar-refractivity contribution in [3.63, 3.8) is 0 Å². The first-order valence-corrected chi connectivity index (χ1v) is 14.1. The van der Waals surface area contributed by atoms with E-state index in [0.29, 0.717) is 0 Å². The van der Waals surface area contributed by atoms with E-state index in [1.165, 1.54) is 110 Å². The summed E-state index contributed by atoms with van der Waals surface area (Å²) in [7, 11) is 0. The monoisotopic (exact) mass is 478 g/mol. The van der Waals surface area contributed by atoms with Gasteiger partial charge in [-0.3, -0.25) is 0 Å². The highest BCUT2D eigenvalue weighted by Crippen LogP contribution is 2.21. The molecule has 190 valence electrons. The molecule has 0 unspecified atom stereocenters. The summed E-state index contributed by atoms with van der Waals surface area (Å²) in [5, 5.41) is 0. The minimum atomic E-state index is 1.19. The van der Waals surface area contributed by atoms with Gasteiger partial charge in [-0.25, -0.2) is 0 Å². The molecule has 0 radical (unpaired) electrons. The summed E-state index contributed by atoms with van der Waals surface area (Å²) in [5.41, 5.74) is 11.4. The number of rotatable bonds is 16. The lowest BCUT2D eigenvalue weighted by atomic mass is 9.93. The molecule has 0 spiro atoms. The first-order chi connectivity index (χ1) is 17.6. The quantitative estimate of drug-likeness (QED) is 0.180. The largest absolute Gasteiger partial charge is 0.0985 e. The van der Waals surface area contributed by atoms with Gasteiger partial charge in [-0.05, 0) is 110 Å². The molecule has 0 bridgehead atoms. The van der Waals surface area contributed by atoms with E-state index in [1.54, 1.807) is 11.1 Å². The van der Waals surface area contributed by atoms with Crippen molar-refractivity contribution in [3.05, 3.63) is 118 Å². The molecule has 0 saturated carbocycles. The van der Waals surface area contributed by atoms with Crippen molar-refractivity contribution in [1.82, 2.24) is 0 Å². The predicted octanol–water partition coefficient (Wildman–Crippen LogP) is 10.3. The minimum absolute atomic E-state index is 1.19. The van der Waals surface area contributed by atoms with E-state index in [1.807, 2.05) is 12.2 Å². The Balaban J connectivity index is 1.30. The van der Waals surface area contributed by atoms with Gasteiger partial charge in [0.1, 0.15) is 0 Å². The van der Waals surface area contributed by atoms with Gasteiger partial charge < -0.3 is 0 Å². The molecule has 0 fully saturated rings. The van der Waals surface area contributed by atoms with E-state index in [9.17, 15) is 0 Å². The van der Waals surface area contributed by atoms with Crippen LogP contribution in [0.25, 0.3) is 12.2 Å². The van der Waals surface area contributed by atoms with E-state index in [4.69, 9.17) is 0 Å². The zero-order valence-electron chi connectivity index (χ0n) is 22.8. The van der Waals surface area contributed by atoms with Crippen LogP contribution in [-0.4, -0.2) is 0 Å². The third kappa shape index (κ3) is 9.30. The van der Waals surface area contributed by atoms with Crippen LogP contribution in [0.5, 0.6) is 0 Å². The van der Waals surface area contributed by atoms with Crippen LogP contribution in [-0.2, 0) is 25.7 Å². The fourth-order valence-electron chi connectivity index (χ4n) is 5.11. The molecule has 0 amide bonds. The Morgan fingerprint density at radius 3 is 1.14 bits per heavy atom. The summed E-state index contributed by atoms with van der Waals surface area (Å²) >= 11 is 0. The Kier molecular flexibility index (Phi) is 11.8. The lowest BCUT2D eigenvalue weighted by Gasteiger charge is -2.13. The van der Waals surface area contributed by atoms with E-state index in [-0.39, 0.29) is 0 Å². The molecule has 3 aromatic rings. The summed E-state index contributed by atoms with van der Waals surface area (Å²) in [6.07, 6.45) is 19.1.